The molecule has 1 saturated heterocycles. The number of hydrogen-bond donors (Lipinski definition) is 1. The van der Waals surface area contributed by atoms with E-state index in [0.29, 0.717) is 10.8 Å². The Morgan fingerprint density at radius 2 is 1.80 bits per heavy atom. The quantitative estimate of drug-likeness (QED) is 0.727. The van der Waals surface area contributed by atoms with Crippen molar-refractivity contribution >= 4 is 12.6 Å². The summed E-state index contributed by atoms with van der Waals surface area (Å²) in [7, 11) is 0. The zero-order valence-electron chi connectivity index (χ0n) is 11.0. The van der Waals surface area contributed by atoms with Gasteiger partial charge in [-0.2, -0.15) is 12.6 Å². The van der Waals surface area contributed by atoms with Crippen LogP contribution < -0.4 is 0 Å². The predicted molar refractivity (Wildman–Crippen MR) is 71.6 cm³/mol. The highest BCUT2D eigenvalue weighted by Gasteiger charge is 2.33. The fraction of sp³-hybridized carbons (Fsp3) is 1.00. The molecule has 0 aliphatic carbocycles. The summed E-state index contributed by atoms with van der Waals surface area (Å²) in [5, 5.41) is 0. The van der Waals surface area contributed by atoms with Gasteiger partial charge in [0.05, 0.1) is 0 Å². The molecule has 1 fully saturated rings. The molecule has 0 spiro atoms. The third-order valence-corrected chi connectivity index (χ3v) is 4.43. The van der Waals surface area contributed by atoms with Gasteiger partial charge in [0, 0.05) is 13.1 Å². The van der Waals surface area contributed by atoms with Gasteiger partial charge >= 0.3 is 0 Å². The molecule has 2 heteroatoms. The molecule has 1 heterocycles. The second kappa shape index (κ2) is 4.67. The maximum atomic E-state index is 4.43. The molecule has 1 aliphatic rings. The van der Waals surface area contributed by atoms with Gasteiger partial charge in [0.15, 0.2) is 0 Å². The lowest BCUT2D eigenvalue weighted by Crippen LogP contribution is -2.35. The van der Waals surface area contributed by atoms with Crippen molar-refractivity contribution in [3.63, 3.8) is 0 Å². The first kappa shape index (κ1) is 13.4. The molecule has 0 saturated carbocycles. The van der Waals surface area contributed by atoms with E-state index in [1.165, 1.54) is 26.1 Å². The molecule has 1 rings (SSSR count). The number of thiol groups is 1. The minimum atomic E-state index is 0.357. The Kier molecular flexibility index (Phi) is 4.16. The van der Waals surface area contributed by atoms with Crippen molar-refractivity contribution in [1.82, 2.24) is 4.90 Å². The average molecular weight is 229 g/mol. The van der Waals surface area contributed by atoms with E-state index in [4.69, 9.17) is 0 Å². The highest BCUT2D eigenvalue weighted by atomic mass is 32.1. The molecule has 0 aromatic rings. The molecule has 0 N–H and O–H groups in total. The molecule has 1 atom stereocenters. The van der Waals surface area contributed by atoms with Crippen LogP contribution in [-0.2, 0) is 0 Å². The topological polar surface area (TPSA) is 3.24 Å². The standard InChI is InChI=1S/C13H27NS/c1-12(2,3)11-6-7-14(8-11)9-13(4,5)10-15/h11,15H,6-10H2,1-5H3. The van der Waals surface area contributed by atoms with E-state index in [-0.39, 0.29) is 0 Å². The molecule has 0 radical (unpaired) electrons. The third-order valence-electron chi connectivity index (χ3n) is 3.58. The van der Waals surface area contributed by atoms with Gasteiger partial charge < -0.3 is 4.90 Å². The van der Waals surface area contributed by atoms with E-state index >= 15 is 0 Å². The molecule has 1 aliphatic heterocycles. The van der Waals surface area contributed by atoms with Crippen LogP contribution in [0.25, 0.3) is 0 Å². The van der Waals surface area contributed by atoms with Gasteiger partial charge in [-0.15, -0.1) is 0 Å². The second-order valence-electron chi connectivity index (χ2n) is 6.91. The minimum Gasteiger partial charge on any atom is -0.302 e. The van der Waals surface area contributed by atoms with E-state index in [2.05, 4.69) is 52.1 Å². The van der Waals surface area contributed by atoms with E-state index in [0.717, 1.165) is 11.7 Å². The monoisotopic (exact) mass is 229 g/mol. The molecule has 0 amide bonds. The van der Waals surface area contributed by atoms with Crippen molar-refractivity contribution in [2.75, 3.05) is 25.4 Å². The van der Waals surface area contributed by atoms with Gasteiger partial charge in [0.25, 0.3) is 0 Å². The number of hydrogen-bond acceptors (Lipinski definition) is 2. The van der Waals surface area contributed by atoms with E-state index in [1.54, 1.807) is 0 Å². The number of rotatable bonds is 3. The molecule has 0 bridgehead atoms. The lowest BCUT2D eigenvalue weighted by atomic mass is 9.80. The lowest BCUT2D eigenvalue weighted by Gasteiger charge is -2.31. The van der Waals surface area contributed by atoms with Crippen LogP contribution in [0.4, 0.5) is 0 Å². The summed E-state index contributed by atoms with van der Waals surface area (Å²) in [6, 6.07) is 0. The molecular formula is C13H27NS. The van der Waals surface area contributed by atoms with Crippen LogP contribution in [0.1, 0.15) is 41.0 Å². The summed E-state index contributed by atoms with van der Waals surface area (Å²) in [5.41, 5.74) is 0.829. The number of nitrogens with zero attached hydrogens (tertiary/aromatic N) is 1. The summed E-state index contributed by atoms with van der Waals surface area (Å²) in [6.07, 6.45) is 1.37. The summed E-state index contributed by atoms with van der Waals surface area (Å²) in [5.74, 6) is 1.84. The van der Waals surface area contributed by atoms with Crippen molar-refractivity contribution < 1.29 is 0 Å². The SMILES string of the molecule is CC(C)(CS)CN1CCC(C(C)(C)C)C1. The van der Waals surface area contributed by atoms with Crippen molar-refractivity contribution in [2.45, 2.75) is 41.0 Å². The first-order valence-corrected chi connectivity index (χ1v) is 6.71. The van der Waals surface area contributed by atoms with Crippen LogP contribution in [0.15, 0.2) is 0 Å². The van der Waals surface area contributed by atoms with E-state index in [9.17, 15) is 0 Å². The fourth-order valence-corrected chi connectivity index (χ4v) is 2.44. The van der Waals surface area contributed by atoms with Crippen LogP contribution in [0.2, 0.25) is 0 Å². The predicted octanol–water partition coefficient (Wildman–Crippen LogP) is 3.31. The summed E-state index contributed by atoms with van der Waals surface area (Å²) in [6.45, 7) is 15.5. The first-order chi connectivity index (χ1) is 6.74. The average Bonchev–Trinajstić information content (AvgIpc) is 2.51. The summed E-state index contributed by atoms with van der Waals surface area (Å²) in [4.78, 5) is 2.62. The smallest absolute Gasteiger partial charge is 0.00406 e. The largest absolute Gasteiger partial charge is 0.302 e. The van der Waals surface area contributed by atoms with Crippen LogP contribution >= 0.6 is 12.6 Å². The van der Waals surface area contributed by atoms with Crippen LogP contribution in [0.3, 0.4) is 0 Å². The lowest BCUT2D eigenvalue weighted by molar-refractivity contribution is 0.193. The Morgan fingerprint density at radius 1 is 1.20 bits per heavy atom. The van der Waals surface area contributed by atoms with Gasteiger partial charge in [-0.1, -0.05) is 34.6 Å². The van der Waals surface area contributed by atoms with E-state index in [1.807, 2.05) is 0 Å². The van der Waals surface area contributed by atoms with Crippen LogP contribution in [0, 0.1) is 16.7 Å². The highest BCUT2D eigenvalue weighted by molar-refractivity contribution is 7.80. The Labute approximate surface area is 101 Å². The molecule has 0 aromatic carbocycles. The molecule has 15 heavy (non-hydrogen) atoms. The molecular weight excluding hydrogens is 202 g/mol. The van der Waals surface area contributed by atoms with Crippen molar-refractivity contribution in [3.8, 4) is 0 Å². The van der Waals surface area contributed by atoms with Crippen molar-refractivity contribution in [3.05, 3.63) is 0 Å². The maximum Gasteiger partial charge on any atom is 0.00406 e. The third kappa shape index (κ3) is 3.99. The second-order valence-corrected chi connectivity index (χ2v) is 7.23. The Hall–Kier alpha value is 0.310. The summed E-state index contributed by atoms with van der Waals surface area (Å²) < 4.78 is 0. The summed E-state index contributed by atoms with van der Waals surface area (Å²) >= 11 is 4.43. The van der Waals surface area contributed by atoms with Crippen molar-refractivity contribution in [2.24, 2.45) is 16.7 Å². The normalized spacial score (nSPS) is 24.8. The highest BCUT2D eigenvalue weighted by Crippen LogP contribution is 2.34. The fourth-order valence-electron chi connectivity index (χ4n) is 2.34. The first-order valence-electron chi connectivity index (χ1n) is 6.08. The van der Waals surface area contributed by atoms with Gasteiger partial charge in [0.2, 0.25) is 0 Å². The Morgan fingerprint density at radius 3 is 2.20 bits per heavy atom. The minimum absolute atomic E-state index is 0.357. The zero-order valence-corrected chi connectivity index (χ0v) is 11.9. The maximum absolute atomic E-state index is 4.43. The number of likely N-dealkylation sites (tertiary alicyclic amines) is 1. The molecule has 1 nitrogen and oxygen atoms in total. The van der Waals surface area contributed by atoms with Crippen molar-refractivity contribution in [1.29, 1.82) is 0 Å². The van der Waals surface area contributed by atoms with Gasteiger partial charge in [0.1, 0.15) is 0 Å². The Bertz CT molecular complexity index is 205. The van der Waals surface area contributed by atoms with E-state index < -0.39 is 0 Å². The molecule has 1 unspecified atom stereocenters. The zero-order chi connectivity index (χ0) is 11.7. The van der Waals surface area contributed by atoms with Gasteiger partial charge in [-0.3, -0.25) is 0 Å². The van der Waals surface area contributed by atoms with Crippen LogP contribution in [-0.4, -0.2) is 30.3 Å². The van der Waals surface area contributed by atoms with Crippen LogP contribution in [0.5, 0.6) is 0 Å². The molecule has 90 valence electrons. The van der Waals surface area contributed by atoms with Gasteiger partial charge in [-0.05, 0) is 35.5 Å². The van der Waals surface area contributed by atoms with Gasteiger partial charge in [-0.25, -0.2) is 0 Å². The molecule has 0 aromatic heterocycles. The Balaban J connectivity index is 2.44.